The van der Waals surface area contributed by atoms with Crippen molar-refractivity contribution < 1.29 is 9.90 Å². The molecule has 0 aliphatic carbocycles. The van der Waals surface area contributed by atoms with Crippen molar-refractivity contribution in [3.63, 3.8) is 0 Å². The van der Waals surface area contributed by atoms with Crippen molar-refractivity contribution >= 4 is 45.7 Å². The van der Waals surface area contributed by atoms with E-state index in [4.69, 9.17) is 23.2 Å². The van der Waals surface area contributed by atoms with Gasteiger partial charge in [0, 0.05) is 5.56 Å². The van der Waals surface area contributed by atoms with Crippen LogP contribution in [-0.4, -0.2) is 20.6 Å². The molecule has 1 atom stereocenters. The summed E-state index contributed by atoms with van der Waals surface area (Å²) in [5.41, 5.74) is 2.71. The normalized spacial score (nSPS) is 12.0. The molecule has 0 unspecified atom stereocenters. The number of phenolic OH excluding ortho intramolecular Hbond substituents is 1. The van der Waals surface area contributed by atoms with Gasteiger partial charge < -0.3 is 10.4 Å². The molecular weight excluding hydrogens is 449 g/mol. The molecule has 1 aromatic heterocycles. The molecule has 1 amide bonds. The minimum absolute atomic E-state index is 0.0448. The van der Waals surface area contributed by atoms with Crippen molar-refractivity contribution in [2.24, 2.45) is 0 Å². The first-order valence-electron chi connectivity index (χ1n) is 9.82. The van der Waals surface area contributed by atoms with E-state index in [1.54, 1.807) is 22.8 Å². The monoisotopic (exact) mass is 467 g/mol. The fraction of sp³-hybridized carbons (Fsp3) is 0.125. The quantitative estimate of drug-likeness (QED) is 0.410. The van der Waals surface area contributed by atoms with Crippen LogP contribution in [-0.2, 0) is 0 Å². The second-order valence-corrected chi connectivity index (χ2v) is 8.30. The predicted molar refractivity (Wildman–Crippen MR) is 127 cm³/mol. The Morgan fingerprint density at radius 2 is 1.78 bits per heavy atom. The molecule has 0 saturated carbocycles. The smallest absolute Gasteiger partial charge is 0.263 e. The lowest BCUT2D eigenvalue weighted by Gasteiger charge is -2.17. The van der Waals surface area contributed by atoms with Gasteiger partial charge in [-0.25, -0.2) is 4.98 Å². The average molecular weight is 468 g/mol. The summed E-state index contributed by atoms with van der Waals surface area (Å²) in [5, 5.41) is 12.7. The van der Waals surface area contributed by atoms with Crippen molar-refractivity contribution in [1.29, 1.82) is 0 Å². The number of amides is 1. The molecule has 162 valence electrons. The van der Waals surface area contributed by atoms with Crippen LogP contribution in [0.25, 0.3) is 10.9 Å². The number of halogens is 2. The Labute approximate surface area is 194 Å². The number of aromatic nitrogens is 2. The van der Waals surface area contributed by atoms with Gasteiger partial charge >= 0.3 is 0 Å². The molecule has 6 nitrogen and oxygen atoms in total. The van der Waals surface area contributed by atoms with Gasteiger partial charge in [0.2, 0.25) is 0 Å². The molecule has 3 aromatic carbocycles. The third-order valence-corrected chi connectivity index (χ3v) is 5.86. The topological polar surface area (TPSA) is 84.2 Å². The van der Waals surface area contributed by atoms with Crippen LogP contribution in [0, 0.1) is 6.92 Å². The molecule has 0 fully saturated rings. The first-order chi connectivity index (χ1) is 15.3. The number of fused-ring (bicyclic) bond motifs is 1. The molecular formula is C24H19Cl2N3O3. The molecule has 4 aromatic rings. The Balaban J connectivity index is 1.77. The first-order valence-corrected chi connectivity index (χ1v) is 10.6. The number of carbonyl (C=O) groups is 1. The van der Waals surface area contributed by atoms with E-state index in [9.17, 15) is 14.7 Å². The maximum Gasteiger partial charge on any atom is 0.263 e. The molecule has 4 rings (SSSR count). The van der Waals surface area contributed by atoms with Crippen molar-refractivity contribution in [2.45, 2.75) is 19.9 Å². The highest BCUT2D eigenvalue weighted by atomic mass is 35.5. The summed E-state index contributed by atoms with van der Waals surface area (Å²) in [6, 6.07) is 15.3. The molecule has 32 heavy (non-hydrogen) atoms. The van der Waals surface area contributed by atoms with E-state index in [0.29, 0.717) is 16.6 Å². The Bertz CT molecular complexity index is 1390. The summed E-state index contributed by atoms with van der Waals surface area (Å²) >= 11 is 11.9. The van der Waals surface area contributed by atoms with Gasteiger partial charge in [0.15, 0.2) is 5.75 Å². The summed E-state index contributed by atoms with van der Waals surface area (Å²) in [7, 11) is 0. The predicted octanol–water partition coefficient (Wildman–Crippen LogP) is 5.58. The van der Waals surface area contributed by atoms with E-state index in [2.05, 4.69) is 10.3 Å². The van der Waals surface area contributed by atoms with E-state index in [1.165, 1.54) is 18.5 Å². The van der Waals surface area contributed by atoms with E-state index in [-0.39, 0.29) is 33.0 Å². The molecule has 0 radical (unpaired) electrons. The molecule has 0 spiro atoms. The van der Waals surface area contributed by atoms with Crippen LogP contribution in [0.2, 0.25) is 10.0 Å². The number of anilines is 1. The Hall–Kier alpha value is -3.35. The number of nitrogens with one attached hydrogen (secondary N) is 1. The maximum absolute atomic E-state index is 13.4. The molecule has 0 aliphatic heterocycles. The van der Waals surface area contributed by atoms with Crippen molar-refractivity contribution in [3.05, 3.63) is 98.0 Å². The summed E-state index contributed by atoms with van der Waals surface area (Å²) in [4.78, 5) is 30.7. The lowest BCUT2D eigenvalue weighted by Crippen LogP contribution is -2.25. The number of phenols is 1. The van der Waals surface area contributed by atoms with Gasteiger partial charge in [-0.15, -0.1) is 0 Å². The van der Waals surface area contributed by atoms with Gasteiger partial charge in [-0.3, -0.25) is 14.2 Å². The second-order valence-electron chi connectivity index (χ2n) is 7.49. The number of hydrogen-bond donors (Lipinski definition) is 2. The summed E-state index contributed by atoms with van der Waals surface area (Å²) in [6.45, 7) is 3.92. The van der Waals surface area contributed by atoms with Crippen LogP contribution in [0.5, 0.6) is 5.75 Å². The van der Waals surface area contributed by atoms with Gasteiger partial charge in [0.25, 0.3) is 11.5 Å². The molecule has 8 heteroatoms. The molecule has 0 bridgehead atoms. The Morgan fingerprint density at radius 3 is 2.47 bits per heavy atom. The number of nitrogens with zero attached hydrogens (tertiary/aromatic N) is 2. The van der Waals surface area contributed by atoms with E-state index in [0.717, 1.165) is 11.1 Å². The third-order valence-electron chi connectivity index (χ3n) is 5.28. The van der Waals surface area contributed by atoms with Gasteiger partial charge in [-0.1, -0.05) is 59.1 Å². The van der Waals surface area contributed by atoms with Crippen LogP contribution in [0.3, 0.4) is 0 Å². The maximum atomic E-state index is 13.4. The number of aryl methyl sites for hydroxylation is 1. The summed E-state index contributed by atoms with van der Waals surface area (Å²) in [6.07, 6.45) is 1.52. The fourth-order valence-electron chi connectivity index (χ4n) is 3.54. The van der Waals surface area contributed by atoms with Crippen LogP contribution in [0.4, 0.5) is 5.69 Å². The largest absolute Gasteiger partial charge is 0.505 e. The average Bonchev–Trinajstić information content (AvgIpc) is 2.77. The van der Waals surface area contributed by atoms with Crippen LogP contribution in [0.15, 0.2) is 65.7 Å². The molecule has 2 N–H and O–H groups in total. The molecule has 0 saturated heterocycles. The second kappa shape index (κ2) is 8.65. The highest BCUT2D eigenvalue weighted by Gasteiger charge is 2.17. The Morgan fingerprint density at radius 1 is 1.09 bits per heavy atom. The number of hydrogen-bond acceptors (Lipinski definition) is 4. The molecule has 1 heterocycles. The van der Waals surface area contributed by atoms with Gasteiger partial charge in [0.05, 0.1) is 39.0 Å². The minimum atomic E-state index is -0.525. The third kappa shape index (κ3) is 4.07. The van der Waals surface area contributed by atoms with E-state index < -0.39 is 5.91 Å². The van der Waals surface area contributed by atoms with E-state index >= 15 is 0 Å². The zero-order valence-corrected chi connectivity index (χ0v) is 18.8. The van der Waals surface area contributed by atoms with Gasteiger partial charge in [-0.05, 0) is 43.7 Å². The van der Waals surface area contributed by atoms with Crippen molar-refractivity contribution in [2.75, 3.05) is 5.32 Å². The van der Waals surface area contributed by atoms with Crippen molar-refractivity contribution in [1.82, 2.24) is 9.55 Å². The highest BCUT2D eigenvalue weighted by molar-refractivity contribution is 6.37. The van der Waals surface area contributed by atoms with E-state index in [1.807, 2.05) is 38.1 Å². The number of aromatic hydroxyl groups is 1. The SMILES string of the molecule is Cc1cccc([C@@H](C)n2cnc3cccc(NC(=O)c4cc(Cl)c(O)c(Cl)c4)c3c2=O)c1. The van der Waals surface area contributed by atoms with Crippen LogP contribution < -0.4 is 10.9 Å². The van der Waals surface area contributed by atoms with Crippen LogP contribution in [0.1, 0.15) is 34.5 Å². The highest BCUT2D eigenvalue weighted by Crippen LogP contribution is 2.33. The number of benzene rings is 3. The Kier molecular flexibility index (Phi) is 5.91. The van der Waals surface area contributed by atoms with Gasteiger partial charge in [-0.2, -0.15) is 0 Å². The summed E-state index contributed by atoms with van der Waals surface area (Å²) in [5.74, 6) is -0.824. The standard InChI is InChI=1S/C24H19Cl2N3O3/c1-13-5-3-6-15(9-13)14(2)29-12-27-19-7-4-8-20(21(19)24(29)32)28-23(31)16-10-17(25)22(30)18(26)11-16/h3-12,14,30H,1-2H3,(H,28,31)/t14-/m1/s1. The molecule has 0 aliphatic rings. The lowest BCUT2D eigenvalue weighted by atomic mass is 10.1. The minimum Gasteiger partial charge on any atom is -0.505 e. The number of carbonyl (C=O) groups excluding carboxylic acids is 1. The van der Waals surface area contributed by atoms with Gasteiger partial charge in [0.1, 0.15) is 0 Å². The summed E-state index contributed by atoms with van der Waals surface area (Å²) < 4.78 is 1.54. The zero-order valence-electron chi connectivity index (χ0n) is 17.3. The lowest BCUT2D eigenvalue weighted by molar-refractivity contribution is 0.102. The zero-order chi connectivity index (χ0) is 23.0. The first kappa shape index (κ1) is 21.9. The number of rotatable bonds is 4. The van der Waals surface area contributed by atoms with Crippen molar-refractivity contribution in [3.8, 4) is 5.75 Å². The van der Waals surface area contributed by atoms with Crippen LogP contribution >= 0.6 is 23.2 Å². The fourth-order valence-corrected chi connectivity index (χ4v) is 4.03.